The molecular formula is C15H30IN3O2. The molecule has 2 rings (SSSR count). The summed E-state index contributed by atoms with van der Waals surface area (Å²) in [5.74, 6) is 1.63. The second kappa shape index (κ2) is 10.6. The number of aliphatic imine (C=N–C) groups is 1. The molecule has 0 aromatic carbocycles. The molecule has 0 spiro atoms. The Morgan fingerprint density at radius 3 is 2.76 bits per heavy atom. The standard InChI is InChI=1S/C15H29N3O2.HI/c1-3-16-15(17-10-14-6-4-5-8-20-14)18(2)11-13-7-9-19-12-13;/h13-14H,3-12H2,1-2H3,(H,16,17);1H. The zero-order valence-corrected chi connectivity index (χ0v) is 15.7. The molecule has 6 heteroatoms. The van der Waals surface area contributed by atoms with E-state index in [1.54, 1.807) is 0 Å². The number of hydrogen-bond acceptors (Lipinski definition) is 3. The highest BCUT2D eigenvalue weighted by Gasteiger charge is 2.19. The molecule has 0 radical (unpaired) electrons. The lowest BCUT2D eigenvalue weighted by molar-refractivity contribution is 0.0223. The topological polar surface area (TPSA) is 46.1 Å². The molecule has 21 heavy (non-hydrogen) atoms. The van der Waals surface area contributed by atoms with E-state index in [1.165, 1.54) is 12.8 Å². The fourth-order valence-electron chi connectivity index (χ4n) is 2.81. The Bertz CT molecular complexity index is 303. The van der Waals surface area contributed by atoms with E-state index in [0.29, 0.717) is 12.0 Å². The molecule has 0 bridgehead atoms. The van der Waals surface area contributed by atoms with Crippen LogP contribution < -0.4 is 5.32 Å². The largest absolute Gasteiger partial charge is 0.381 e. The van der Waals surface area contributed by atoms with Crippen molar-refractivity contribution in [1.29, 1.82) is 0 Å². The maximum Gasteiger partial charge on any atom is 0.193 e. The van der Waals surface area contributed by atoms with Crippen molar-refractivity contribution in [2.24, 2.45) is 10.9 Å². The molecule has 2 unspecified atom stereocenters. The molecular weight excluding hydrogens is 381 g/mol. The van der Waals surface area contributed by atoms with Gasteiger partial charge in [-0.25, -0.2) is 0 Å². The molecule has 2 saturated heterocycles. The average molecular weight is 411 g/mol. The number of rotatable bonds is 5. The van der Waals surface area contributed by atoms with Gasteiger partial charge in [0.1, 0.15) is 0 Å². The summed E-state index contributed by atoms with van der Waals surface area (Å²) in [5.41, 5.74) is 0. The van der Waals surface area contributed by atoms with E-state index in [-0.39, 0.29) is 24.0 Å². The van der Waals surface area contributed by atoms with Gasteiger partial charge in [0.05, 0.1) is 19.3 Å². The van der Waals surface area contributed by atoms with Crippen LogP contribution in [0.2, 0.25) is 0 Å². The van der Waals surface area contributed by atoms with Gasteiger partial charge in [0.15, 0.2) is 5.96 Å². The summed E-state index contributed by atoms with van der Waals surface area (Å²) in [6, 6.07) is 0. The van der Waals surface area contributed by atoms with Crippen LogP contribution in [0.1, 0.15) is 32.6 Å². The fourth-order valence-corrected chi connectivity index (χ4v) is 2.81. The van der Waals surface area contributed by atoms with Gasteiger partial charge in [0.2, 0.25) is 0 Å². The first-order chi connectivity index (χ1) is 9.79. The van der Waals surface area contributed by atoms with Gasteiger partial charge in [-0.1, -0.05) is 0 Å². The fraction of sp³-hybridized carbons (Fsp3) is 0.933. The highest BCUT2D eigenvalue weighted by molar-refractivity contribution is 14.0. The van der Waals surface area contributed by atoms with Crippen molar-refractivity contribution in [3.63, 3.8) is 0 Å². The van der Waals surface area contributed by atoms with Gasteiger partial charge in [-0.15, -0.1) is 24.0 Å². The molecule has 0 aliphatic carbocycles. The van der Waals surface area contributed by atoms with Gasteiger partial charge in [-0.2, -0.15) is 0 Å². The number of ether oxygens (including phenoxy) is 2. The Labute approximate surface area is 145 Å². The minimum absolute atomic E-state index is 0. The lowest BCUT2D eigenvalue weighted by atomic mass is 10.1. The number of halogens is 1. The Morgan fingerprint density at radius 1 is 1.29 bits per heavy atom. The predicted octanol–water partition coefficient (Wildman–Crippen LogP) is 2.11. The van der Waals surface area contributed by atoms with Crippen molar-refractivity contribution in [2.75, 3.05) is 46.5 Å². The summed E-state index contributed by atoms with van der Waals surface area (Å²) in [4.78, 5) is 6.97. The highest BCUT2D eigenvalue weighted by atomic mass is 127. The third-order valence-corrected chi connectivity index (χ3v) is 3.97. The first kappa shape index (κ1) is 19.0. The number of hydrogen-bond donors (Lipinski definition) is 1. The summed E-state index contributed by atoms with van der Waals surface area (Å²) < 4.78 is 11.2. The molecule has 1 N–H and O–H groups in total. The third kappa shape index (κ3) is 6.69. The first-order valence-electron chi connectivity index (χ1n) is 7.98. The Balaban J connectivity index is 0.00000220. The number of guanidine groups is 1. The van der Waals surface area contributed by atoms with E-state index >= 15 is 0 Å². The molecule has 2 fully saturated rings. The summed E-state index contributed by atoms with van der Waals surface area (Å²) >= 11 is 0. The maximum atomic E-state index is 5.75. The summed E-state index contributed by atoms with van der Waals surface area (Å²) in [6.45, 7) is 7.48. The Hall–Kier alpha value is -0.0800. The van der Waals surface area contributed by atoms with Crippen LogP contribution >= 0.6 is 24.0 Å². The summed E-state index contributed by atoms with van der Waals surface area (Å²) in [6.07, 6.45) is 5.08. The van der Waals surface area contributed by atoms with E-state index < -0.39 is 0 Å². The normalized spacial score (nSPS) is 26.3. The van der Waals surface area contributed by atoms with Crippen LogP contribution in [-0.4, -0.2) is 63.5 Å². The van der Waals surface area contributed by atoms with Gasteiger partial charge < -0.3 is 19.7 Å². The van der Waals surface area contributed by atoms with Crippen molar-refractivity contribution in [2.45, 2.75) is 38.7 Å². The highest BCUT2D eigenvalue weighted by Crippen LogP contribution is 2.14. The van der Waals surface area contributed by atoms with Gasteiger partial charge in [0.25, 0.3) is 0 Å². The summed E-state index contributed by atoms with van der Waals surface area (Å²) in [5, 5.41) is 3.38. The maximum absolute atomic E-state index is 5.75. The van der Waals surface area contributed by atoms with Crippen LogP contribution in [-0.2, 0) is 9.47 Å². The first-order valence-corrected chi connectivity index (χ1v) is 7.98. The van der Waals surface area contributed by atoms with E-state index in [2.05, 4.69) is 24.2 Å². The van der Waals surface area contributed by atoms with E-state index in [1.807, 2.05) is 0 Å². The summed E-state index contributed by atoms with van der Waals surface area (Å²) in [7, 11) is 2.11. The monoisotopic (exact) mass is 411 g/mol. The lowest BCUT2D eigenvalue weighted by Gasteiger charge is -2.26. The molecule has 0 aromatic rings. The lowest BCUT2D eigenvalue weighted by Crippen LogP contribution is -2.42. The zero-order chi connectivity index (χ0) is 14.2. The Kier molecular flexibility index (Phi) is 9.59. The SMILES string of the molecule is CCNC(=NCC1CCCCO1)N(C)CC1CCOC1.I. The van der Waals surface area contributed by atoms with Crippen molar-refractivity contribution in [3.05, 3.63) is 0 Å². The minimum Gasteiger partial charge on any atom is -0.381 e. The second-order valence-corrected chi connectivity index (χ2v) is 5.79. The molecule has 0 saturated carbocycles. The molecule has 0 aromatic heterocycles. The van der Waals surface area contributed by atoms with Crippen molar-refractivity contribution in [1.82, 2.24) is 10.2 Å². The van der Waals surface area contributed by atoms with Crippen LogP contribution in [0.5, 0.6) is 0 Å². The van der Waals surface area contributed by atoms with Crippen LogP contribution in [0, 0.1) is 5.92 Å². The molecule has 2 aliphatic heterocycles. The number of nitrogens with zero attached hydrogens (tertiary/aromatic N) is 2. The van der Waals surface area contributed by atoms with Crippen LogP contribution in [0.3, 0.4) is 0 Å². The van der Waals surface area contributed by atoms with Gasteiger partial charge in [0, 0.05) is 39.3 Å². The molecule has 0 amide bonds. The number of nitrogens with one attached hydrogen (secondary N) is 1. The van der Waals surface area contributed by atoms with Crippen molar-refractivity contribution >= 4 is 29.9 Å². The van der Waals surface area contributed by atoms with Crippen molar-refractivity contribution < 1.29 is 9.47 Å². The van der Waals surface area contributed by atoms with E-state index in [9.17, 15) is 0 Å². The van der Waals surface area contributed by atoms with Crippen LogP contribution in [0.25, 0.3) is 0 Å². The van der Waals surface area contributed by atoms with E-state index in [0.717, 1.165) is 58.3 Å². The van der Waals surface area contributed by atoms with Gasteiger partial charge >= 0.3 is 0 Å². The predicted molar refractivity (Wildman–Crippen MR) is 96.5 cm³/mol. The van der Waals surface area contributed by atoms with Crippen LogP contribution in [0.4, 0.5) is 0 Å². The Morgan fingerprint density at radius 2 is 2.14 bits per heavy atom. The van der Waals surface area contributed by atoms with Gasteiger partial charge in [-0.3, -0.25) is 4.99 Å². The molecule has 124 valence electrons. The second-order valence-electron chi connectivity index (χ2n) is 5.79. The minimum atomic E-state index is 0. The van der Waals surface area contributed by atoms with Gasteiger partial charge in [-0.05, 0) is 32.6 Å². The smallest absolute Gasteiger partial charge is 0.193 e. The molecule has 2 heterocycles. The van der Waals surface area contributed by atoms with E-state index in [4.69, 9.17) is 14.5 Å². The average Bonchev–Trinajstić information content (AvgIpc) is 2.97. The molecule has 2 atom stereocenters. The molecule has 5 nitrogen and oxygen atoms in total. The zero-order valence-electron chi connectivity index (χ0n) is 13.3. The third-order valence-electron chi connectivity index (χ3n) is 3.97. The van der Waals surface area contributed by atoms with Crippen LogP contribution in [0.15, 0.2) is 4.99 Å². The quantitative estimate of drug-likeness (QED) is 0.428. The van der Waals surface area contributed by atoms with Crippen molar-refractivity contribution in [3.8, 4) is 0 Å². The molecule has 2 aliphatic rings.